The molecule has 0 fully saturated rings. The molecule has 18 heavy (non-hydrogen) atoms. The highest BCUT2D eigenvalue weighted by atomic mass is 19.1. The molecule has 4 heteroatoms. The van der Waals surface area contributed by atoms with Crippen molar-refractivity contribution in [2.45, 2.75) is 26.3 Å². The van der Waals surface area contributed by atoms with Crippen molar-refractivity contribution in [3.8, 4) is 5.75 Å². The predicted molar refractivity (Wildman–Crippen MR) is 70.5 cm³/mol. The number of nitrogens with one attached hydrogen (secondary N) is 1. The summed E-state index contributed by atoms with van der Waals surface area (Å²) in [4.78, 5) is 0. The van der Waals surface area contributed by atoms with E-state index in [1.807, 2.05) is 0 Å². The number of ether oxygens (including phenoxy) is 2. The van der Waals surface area contributed by atoms with Crippen LogP contribution in [0.5, 0.6) is 5.75 Å². The van der Waals surface area contributed by atoms with Crippen LogP contribution < -0.4 is 10.1 Å². The Morgan fingerprint density at radius 1 is 1.17 bits per heavy atom. The molecule has 0 aliphatic carbocycles. The summed E-state index contributed by atoms with van der Waals surface area (Å²) in [6, 6.07) is 6.89. The largest absolute Gasteiger partial charge is 0.488 e. The lowest BCUT2D eigenvalue weighted by Crippen LogP contribution is -2.24. The van der Waals surface area contributed by atoms with Crippen LogP contribution in [0, 0.1) is 5.82 Å². The fourth-order valence-corrected chi connectivity index (χ4v) is 1.44. The Bertz CT molecular complexity index is 331. The second kappa shape index (κ2) is 8.89. The first kappa shape index (κ1) is 14.9. The maximum absolute atomic E-state index is 13.2. The summed E-state index contributed by atoms with van der Waals surface area (Å²) < 4.78 is 23.8. The Kier molecular flexibility index (Phi) is 7.37. The minimum atomic E-state index is -0.335. The van der Waals surface area contributed by atoms with Crippen LogP contribution in [0.3, 0.4) is 0 Å². The molecule has 1 rings (SSSR count). The van der Waals surface area contributed by atoms with Gasteiger partial charge in [0.05, 0.1) is 6.61 Å². The summed E-state index contributed by atoms with van der Waals surface area (Å²) in [6.45, 7) is 6.73. The highest BCUT2D eigenvalue weighted by Crippen LogP contribution is 2.14. The molecule has 0 aliphatic heterocycles. The van der Waals surface area contributed by atoms with Gasteiger partial charge in [-0.1, -0.05) is 26.0 Å². The first-order valence-corrected chi connectivity index (χ1v) is 6.38. The molecular weight excluding hydrogens is 233 g/mol. The molecule has 1 aromatic rings. The Balaban J connectivity index is 1.98. The summed E-state index contributed by atoms with van der Waals surface area (Å²) in [5, 5.41) is 3.31. The second-order valence-corrected chi connectivity index (χ2v) is 4.35. The van der Waals surface area contributed by atoms with E-state index in [4.69, 9.17) is 9.47 Å². The molecule has 1 N–H and O–H groups in total. The Labute approximate surface area is 108 Å². The van der Waals surface area contributed by atoms with Gasteiger partial charge in [0.1, 0.15) is 6.61 Å². The van der Waals surface area contributed by atoms with E-state index in [1.54, 1.807) is 18.2 Å². The Morgan fingerprint density at radius 3 is 2.67 bits per heavy atom. The standard InChI is InChI=1S/C14H22FNO2/c1-12(2)16-8-5-9-17-10-11-18-14-7-4-3-6-13(14)15/h3-4,6-7,12,16H,5,8-11H2,1-2H3. The highest BCUT2D eigenvalue weighted by Gasteiger charge is 2.00. The SMILES string of the molecule is CC(C)NCCCOCCOc1ccccc1F. The number of hydrogen-bond acceptors (Lipinski definition) is 3. The van der Waals surface area contributed by atoms with Crippen LogP contribution in [0.15, 0.2) is 24.3 Å². The van der Waals surface area contributed by atoms with Gasteiger partial charge in [0.15, 0.2) is 11.6 Å². The first-order chi connectivity index (χ1) is 8.70. The van der Waals surface area contributed by atoms with E-state index in [1.165, 1.54) is 6.07 Å². The van der Waals surface area contributed by atoms with Crippen molar-refractivity contribution in [3.05, 3.63) is 30.1 Å². The van der Waals surface area contributed by atoms with Crippen LogP contribution in [0.25, 0.3) is 0 Å². The first-order valence-electron chi connectivity index (χ1n) is 6.38. The number of rotatable bonds is 9. The van der Waals surface area contributed by atoms with Crippen molar-refractivity contribution in [1.82, 2.24) is 5.32 Å². The summed E-state index contributed by atoms with van der Waals surface area (Å²) in [7, 11) is 0. The number of para-hydroxylation sites is 1. The minimum Gasteiger partial charge on any atom is -0.488 e. The van der Waals surface area contributed by atoms with Gasteiger partial charge in [-0.15, -0.1) is 0 Å². The molecule has 0 radical (unpaired) electrons. The average Bonchev–Trinajstić information content (AvgIpc) is 2.34. The molecule has 0 aliphatic rings. The van der Waals surface area contributed by atoms with Gasteiger partial charge < -0.3 is 14.8 Å². The van der Waals surface area contributed by atoms with Crippen molar-refractivity contribution < 1.29 is 13.9 Å². The quantitative estimate of drug-likeness (QED) is 0.688. The molecular formula is C14H22FNO2. The van der Waals surface area contributed by atoms with Gasteiger partial charge in [-0.25, -0.2) is 4.39 Å². The third-order valence-electron chi connectivity index (χ3n) is 2.34. The van der Waals surface area contributed by atoms with Gasteiger partial charge in [-0.05, 0) is 25.1 Å². The molecule has 0 atom stereocenters. The average molecular weight is 255 g/mol. The highest BCUT2D eigenvalue weighted by molar-refractivity contribution is 5.23. The molecule has 0 saturated carbocycles. The maximum atomic E-state index is 13.2. The normalized spacial score (nSPS) is 10.9. The van der Waals surface area contributed by atoms with E-state index < -0.39 is 0 Å². The second-order valence-electron chi connectivity index (χ2n) is 4.35. The molecule has 1 aromatic carbocycles. The van der Waals surface area contributed by atoms with Gasteiger partial charge >= 0.3 is 0 Å². The smallest absolute Gasteiger partial charge is 0.165 e. The molecule has 3 nitrogen and oxygen atoms in total. The van der Waals surface area contributed by atoms with Gasteiger partial charge in [-0.3, -0.25) is 0 Å². The summed E-state index contributed by atoms with van der Waals surface area (Å²) in [5.74, 6) is -0.0544. The number of halogens is 1. The zero-order valence-electron chi connectivity index (χ0n) is 11.1. The van der Waals surface area contributed by atoms with Crippen molar-refractivity contribution >= 4 is 0 Å². The summed E-state index contributed by atoms with van der Waals surface area (Å²) >= 11 is 0. The number of hydrogen-bond donors (Lipinski definition) is 1. The lowest BCUT2D eigenvalue weighted by atomic mass is 10.3. The molecule has 0 unspecified atom stereocenters. The molecule has 0 bridgehead atoms. The third-order valence-corrected chi connectivity index (χ3v) is 2.34. The van der Waals surface area contributed by atoms with Crippen molar-refractivity contribution in [2.24, 2.45) is 0 Å². The van der Waals surface area contributed by atoms with Crippen molar-refractivity contribution in [1.29, 1.82) is 0 Å². The van der Waals surface area contributed by atoms with E-state index in [9.17, 15) is 4.39 Å². The summed E-state index contributed by atoms with van der Waals surface area (Å²) in [6.07, 6.45) is 0.970. The van der Waals surface area contributed by atoms with Crippen LogP contribution in [0.4, 0.5) is 4.39 Å². The van der Waals surface area contributed by atoms with Crippen molar-refractivity contribution in [2.75, 3.05) is 26.4 Å². The Morgan fingerprint density at radius 2 is 1.94 bits per heavy atom. The molecule has 102 valence electrons. The topological polar surface area (TPSA) is 30.5 Å². The summed E-state index contributed by atoms with van der Waals surface area (Å²) in [5.41, 5.74) is 0. The molecule has 0 heterocycles. The lowest BCUT2D eigenvalue weighted by Gasteiger charge is -2.09. The molecule has 0 spiro atoms. The minimum absolute atomic E-state index is 0.280. The zero-order chi connectivity index (χ0) is 13.2. The van der Waals surface area contributed by atoms with E-state index in [-0.39, 0.29) is 11.6 Å². The van der Waals surface area contributed by atoms with Gasteiger partial charge in [0, 0.05) is 12.6 Å². The fraction of sp³-hybridized carbons (Fsp3) is 0.571. The van der Waals surface area contributed by atoms with Gasteiger partial charge in [0.25, 0.3) is 0 Å². The van der Waals surface area contributed by atoms with Crippen molar-refractivity contribution in [3.63, 3.8) is 0 Å². The fourth-order valence-electron chi connectivity index (χ4n) is 1.44. The van der Waals surface area contributed by atoms with Crippen LogP contribution in [-0.4, -0.2) is 32.4 Å². The van der Waals surface area contributed by atoms with Crippen LogP contribution >= 0.6 is 0 Å². The van der Waals surface area contributed by atoms with Gasteiger partial charge in [-0.2, -0.15) is 0 Å². The van der Waals surface area contributed by atoms with Crippen LogP contribution in [-0.2, 0) is 4.74 Å². The third kappa shape index (κ3) is 6.57. The molecule has 0 saturated heterocycles. The van der Waals surface area contributed by atoms with E-state index in [2.05, 4.69) is 19.2 Å². The molecule has 0 aromatic heterocycles. The lowest BCUT2D eigenvalue weighted by molar-refractivity contribution is 0.0967. The van der Waals surface area contributed by atoms with E-state index in [0.29, 0.717) is 25.9 Å². The number of benzene rings is 1. The van der Waals surface area contributed by atoms with E-state index in [0.717, 1.165) is 13.0 Å². The zero-order valence-corrected chi connectivity index (χ0v) is 11.1. The van der Waals surface area contributed by atoms with Crippen LogP contribution in [0.2, 0.25) is 0 Å². The monoisotopic (exact) mass is 255 g/mol. The van der Waals surface area contributed by atoms with Gasteiger partial charge in [0.2, 0.25) is 0 Å². The predicted octanol–water partition coefficient (Wildman–Crippen LogP) is 2.61. The maximum Gasteiger partial charge on any atom is 0.165 e. The molecule has 0 amide bonds. The van der Waals surface area contributed by atoms with Crippen LogP contribution in [0.1, 0.15) is 20.3 Å². The van der Waals surface area contributed by atoms with E-state index >= 15 is 0 Å². The Hall–Kier alpha value is -1.13.